The van der Waals surface area contributed by atoms with Gasteiger partial charge >= 0.3 is 5.97 Å². The van der Waals surface area contributed by atoms with Crippen molar-refractivity contribution in [2.45, 2.75) is 51.6 Å². The second kappa shape index (κ2) is 10.9. The Hall–Kier alpha value is 0.130. The molecule has 0 bridgehead atoms. The summed E-state index contributed by atoms with van der Waals surface area (Å²) in [5.74, 6) is 0.339. The lowest BCUT2D eigenvalue weighted by molar-refractivity contribution is -0.142. The van der Waals surface area contributed by atoms with E-state index >= 15 is 0 Å². The van der Waals surface area contributed by atoms with Gasteiger partial charge in [0.05, 0.1) is 6.10 Å². The normalized spacial score (nSPS) is 13.0. The first-order valence-corrected chi connectivity index (χ1v) is 10.7. The number of hydrogen-bond donors (Lipinski definition) is 2. The highest BCUT2D eigenvalue weighted by Crippen LogP contribution is 2.50. The van der Waals surface area contributed by atoms with Crippen LogP contribution in [0.5, 0.6) is 0 Å². The molecule has 0 saturated heterocycles. The molecule has 0 aromatic rings. The van der Waals surface area contributed by atoms with Gasteiger partial charge in [0.15, 0.2) is 0 Å². The molecular weight excluding hydrogens is 303 g/mol. The molecular formula is C12H23O4PS2. The summed E-state index contributed by atoms with van der Waals surface area (Å²) >= 11 is 5.60. The molecule has 0 aliphatic heterocycles. The van der Waals surface area contributed by atoms with E-state index in [1.165, 1.54) is 6.08 Å². The molecule has 0 aliphatic rings. The molecule has 0 aromatic heterocycles. The van der Waals surface area contributed by atoms with Gasteiger partial charge < -0.3 is 14.5 Å². The van der Waals surface area contributed by atoms with E-state index in [-0.39, 0.29) is 12.1 Å². The summed E-state index contributed by atoms with van der Waals surface area (Å²) in [6.45, 7) is 5.23. The van der Waals surface area contributed by atoms with Gasteiger partial charge in [-0.05, 0) is 38.0 Å². The Morgan fingerprint density at radius 2 is 1.95 bits per heavy atom. The third-order valence-electron chi connectivity index (χ3n) is 2.50. The number of ether oxygens (including phenoxy) is 1. The van der Waals surface area contributed by atoms with Crippen molar-refractivity contribution in [3.63, 3.8) is 0 Å². The molecule has 7 heteroatoms. The van der Waals surface area contributed by atoms with Crippen molar-refractivity contribution in [1.82, 2.24) is 0 Å². The summed E-state index contributed by atoms with van der Waals surface area (Å²) in [5, 5.41) is 0. The van der Waals surface area contributed by atoms with E-state index in [2.05, 4.69) is 18.4 Å². The van der Waals surface area contributed by atoms with E-state index in [9.17, 15) is 4.79 Å². The van der Waals surface area contributed by atoms with Gasteiger partial charge in [-0.2, -0.15) is 0 Å². The lowest BCUT2D eigenvalue weighted by Gasteiger charge is -2.11. The molecule has 0 rings (SSSR count). The summed E-state index contributed by atoms with van der Waals surface area (Å²) in [6.07, 6.45) is 7.21. The summed E-state index contributed by atoms with van der Waals surface area (Å²) in [7, 11) is 0. The van der Waals surface area contributed by atoms with Crippen LogP contribution in [0, 0.1) is 0 Å². The number of carbonyl (C=O) groups excluding carboxylic acids is 1. The lowest BCUT2D eigenvalue weighted by atomic mass is 10.1. The number of esters is 1. The molecule has 0 fully saturated rings. The van der Waals surface area contributed by atoms with Gasteiger partial charge in [-0.25, -0.2) is 4.79 Å². The van der Waals surface area contributed by atoms with E-state index in [0.29, 0.717) is 5.75 Å². The van der Waals surface area contributed by atoms with Crippen molar-refractivity contribution >= 4 is 34.9 Å². The lowest BCUT2D eigenvalue weighted by Crippen LogP contribution is -2.12. The Morgan fingerprint density at radius 1 is 1.37 bits per heavy atom. The SMILES string of the molecule is C=CC(=O)OC(C)CCCCCCCSP(O)(O)=S. The Balaban J connectivity index is 3.34. The fourth-order valence-electron chi connectivity index (χ4n) is 1.55. The summed E-state index contributed by atoms with van der Waals surface area (Å²) in [6, 6.07) is 0. The predicted molar refractivity (Wildman–Crippen MR) is 84.6 cm³/mol. The van der Waals surface area contributed by atoms with Gasteiger partial charge in [0, 0.05) is 11.8 Å². The zero-order chi connectivity index (χ0) is 14.7. The smallest absolute Gasteiger partial charge is 0.330 e. The van der Waals surface area contributed by atoms with E-state index in [1.54, 1.807) is 0 Å². The second-order valence-corrected chi connectivity index (χ2v) is 10.5. The average molecular weight is 326 g/mol. The number of hydrogen-bond acceptors (Lipinski definition) is 4. The molecule has 1 unspecified atom stereocenters. The van der Waals surface area contributed by atoms with Gasteiger partial charge in [0.2, 0.25) is 5.69 Å². The molecule has 1 atom stereocenters. The maximum Gasteiger partial charge on any atom is 0.330 e. The Morgan fingerprint density at radius 3 is 2.53 bits per heavy atom. The molecule has 0 amide bonds. The minimum absolute atomic E-state index is 0.0598. The zero-order valence-corrected chi connectivity index (χ0v) is 13.8. The highest BCUT2D eigenvalue weighted by molar-refractivity contribution is 8.67. The molecule has 19 heavy (non-hydrogen) atoms. The third-order valence-corrected chi connectivity index (χ3v) is 5.81. The van der Waals surface area contributed by atoms with Crippen LogP contribution in [0.3, 0.4) is 0 Å². The van der Waals surface area contributed by atoms with Crippen LogP contribution in [0.2, 0.25) is 0 Å². The van der Waals surface area contributed by atoms with Crippen molar-refractivity contribution in [3.05, 3.63) is 12.7 Å². The topological polar surface area (TPSA) is 66.8 Å². The summed E-state index contributed by atoms with van der Waals surface area (Å²) in [5.41, 5.74) is -3.06. The minimum Gasteiger partial charge on any atom is -0.460 e. The molecule has 112 valence electrons. The standard InChI is InChI=1S/C12H23O4PS2/c1-3-12(13)16-11(2)9-7-5-4-6-8-10-19-17(14,15)18/h3,11H,1,4-10H2,2H3,(H2,14,15,18). The molecule has 4 nitrogen and oxygen atoms in total. The van der Waals surface area contributed by atoms with Crippen LogP contribution in [0.1, 0.15) is 45.4 Å². The number of unbranched alkanes of at least 4 members (excludes halogenated alkanes) is 4. The monoisotopic (exact) mass is 326 g/mol. The molecule has 0 saturated carbocycles. The van der Waals surface area contributed by atoms with E-state index in [4.69, 9.17) is 14.5 Å². The first-order valence-electron chi connectivity index (χ1n) is 6.38. The van der Waals surface area contributed by atoms with Crippen LogP contribution in [-0.2, 0) is 21.3 Å². The van der Waals surface area contributed by atoms with Crippen molar-refractivity contribution in [3.8, 4) is 0 Å². The highest BCUT2D eigenvalue weighted by Gasteiger charge is 2.07. The highest BCUT2D eigenvalue weighted by atomic mass is 32.9. The second-order valence-electron chi connectivity index (χ2n) is 4.33. The van der Waals surface area contributed by atoms with Crippen LogP contribution < -0.4 is 0 Å². The minimum atomic E-state index is -3.06. The molecule has 0 spiro atoms. The third kappa shape index (κ3) is 14.4. The number of rotatable bonds is 11. The number of carbonyl (C=O) groups is 1. The van der Waals surface area contributed by atoms with Gasteiger partial charge in [-0.1, -0.05) is 37.2 Å². The molecule has 0 radical (unpaired) electrons. The van der Waals surface area contributed by atoms with E-state index in [0.717, 1.165) is 49.9 Å². The Bertz CT molecular complexity index is 317. The van der Waals surface area contributed by atoms with Crippen molar-refractivity contribution in [2.75, 3.05) is 5.75 Å². The van der Waals surface area contributed by atoms with Crippen LogP contribution in [0.15, 0.2) is 12.7 Å². The van der Waals surface area contributed by atoms with Crippen LogP contribution >= 0.6 is 17.1 Å². The molecule has 2 N–H and O–H groups in total. The van der Waals surface area contributed by atoms with Crippen LogP contribution in [0.25, 0.3) is 0 Å². The van der Waals surface area contributed by atoms with Crippen molar-refractivity contribution < 1.29 is 19.3 Å². The van der Waals surface area contributed by atoms with Crippen LogP contribution in [0.4, 0.5) is 0 Å². The molecule has 0 aliphatic carbocycles. The van der Waals surface area contributed by atoms with Gasteiger partial charge in [-0.15, -0.1) is 0 Å². The van der Waals surface area contributed by atoms with Crippen molar-refractivity contribution in [2.24, 2.45) is 0 Å². The van der Waals surface area contributed by atoms with Gasteiger partial charge in [0.1, 0.15) is 0 Å². The first-order chi connectivity index (χ1) is 8.85. The summed E-state index contributed by atoms with van der Waals surface area (Å²) in [4.78, 5) is 28.9. The first kappa shape index (κ1) is 19.1. The fourth-order valence-corrected chi connectivity index (χ4v) is 3.90. The van der Waals surface area contributed by atoms with Gasteiger partial charge in [0.25, 0.3) is 0 Å². The maximum absolute atomic E-state index is 10.9. The molecule has 0 aromatic carbocycles. The predicted octanol–water partition coefficient (Wildman–Crippen LogP) is 3.39. The fraction of sp³-hybridized carbons (Fsp3) is 0.750. The van der Waals surface area contributed by atoms with E-state index in [1.807, 2.05) is 6.92 Å². The average Bonchev–Trinajstić information content (AvgIpc) is 2.31. The van der Waals surface area contributed by atoms with Crippen LogP contribution in [-0.4, -0.2) is 27.6 Å². The Kier molecular flexibility index (Phi) is 10.9. The van der Waals surface area contributed by atoms with Gasteiger partial charge in [-0.3, -0.25) is 0 Å². The Labute approximate surface area is 124 Å². The maximum atomic E-state index is 10.9. The van der Waals surface area contributed by atoms with E-state index < -0.39 is 5.69 Å². The summed E-state index contributed by atoms with van der Waals surface area (Å²) < 4.78 is 5.06. The quantitative estimate of drug-likeness (QED) is 0.263. The molecule has 0 heterocycles. The largest absolute Gasteiger partial charge is 0.460 e. The zero-order valence-electron chi connectivity index (χ0n) is 11.3. The van der Waals surface area contributed by atoms with Crippen molar-refractivity contribution in [1.29, 1.82) is 0 Å².